The van der Waals surface area contributed by atoms with E-state index in [1.165, 1.54) is 7.11 Å². The summed E-state index contributed by atoms with van der Waals surface area (Å²) >= 11 is 0. The average Bonchev–Trinajstić information content (AvgIpc) is 2.63. The van der Waals surface area contributed by atoms with Crippen molar-refractivity contribution >= 4 is 6.21 Å². The number of nitrogens with zero attached hydrogens (tertiary/aromatic N) is 3. The van der Waals surface area contributed by atoms with Gasteiger partial charge in [0, 0.05) is 7.05 Å². The molecule has 0 spiro atoms. The van der Waals surface area contributed by atoms with Gasteiger partial charge in [0.25, 0.3) is 0 Å². The fraction of sp³-hybridized carbons (Fsp3) is 0.231. The van der Waals surface area contributed by atoms with E-state index in [0.29, 0.717) is 5.88 Å². The minimum absolute atomic E-state index is 0.638. The van der Waals surface area contributed by atoms with Crippen LogP contribution in [0.2, 0.25) is 0 Å². The van der Waals surface area contributed by atoms with Gasteiger partial charge in [-0.05, 0) is 19.1 Å². The van der Waals surface area contributed by atoms with Gasteiger partial charge in [-0.1, -0.05) is 23.4 Å². The molecule has 0 aliphatic carbocycles. The molecule has 0 bridgehead atoms. The van der Waals surface area contributed by atoms with E-state index in [-0.39, 0.29) is 0 Å². The van der Waals surface area contributed by atoms with E-state index in [0.717, 1.165) is 17.0 Å². The molecular weight excluding hydrogens is 230 g/mol. The Morgan fingerprint density at radius 1 is 1.28 bits per heavy atom. The lowest BCUT2D eigenvalue weighted by Crippen LogP contribution is -1.96. The molecule has 2 aromatic rings. The van der Waals surface area contributed by atoms with Crippen molar-refractivity contribution in [2.24, 2.45) is 12.2 Å². The number of ether oxygens (including phenoxy) is 1. The third kappa shape index (κ3) is 2.51. The van der Waals surface area contributed by atoms with Crippen molar-refractivity contribution < 1.29 is 9.57 Å². The van der Waals surface area contributed by atoms with E-state index < -0.39 is 0 Å². The van der Waals surface area contributed by atoms with Crippen molar-refractivity contribution in [3.8, 4) is 11.6 Å². The standard InChI is InChI=1S/C13H15N3O2/c1-10-12(9-14-17-3)13(16(2)15-10)18-11-7-5-4-6-8-11/h4-9H,1-3H3. The minimum Gasteiger partial charge on any atom is -0.439 e. The molecule has 5 heteroatoms. The zero-order valence-corrected chi connectivity index (χ0v) is 10.6. The second-order valence-corrected chi connectivity index (χ2v) is 3.76. The fourth-order valence-corrected chi connectivity index (χ4v) is 1.63. The van der Waals surface area contributed by atoms with E-state index in [1.54, 1.807) is 10.9 Å². The van der Waals surface area contributed by atoms with Crippen LogP contribution in [0.25, 0.3) is 0 Å². The highest BCUT2D eigenvalue weighted by Crippen LogP contribution is 2.25. The Kier molecular flexibility index (Phi) is 3.62. The summed E-state index contributed by atoms with van der Waals surface area (Å²) in [5, 5.41) is 8.07. The van der Waals surface area contributed by atoms with E-state index in [2.05, 4.69) is 10.3 Å². The summed E-state index contributed by atoms with van der Waals surface area (Å²) in [6.45, 7) is 1.90. The predicted molar refractivity (Wildman–Crippen MR) is 69.1 cm³/mol. The Labute approximate surface area is 106 Å². The van der Waals surface area contributed by atoms with Crippen LogP contribution in [0, 0.1) is 6.92 Å². The Hall–Kier alpha value is -2.30. The van der Waals surface area contributed by atoms with Crippen molar-refractivity contribution in [2.45, 2.75) is 6.92 Å². The first-order valence-corrected chi connectivity index (χ1v) is 5.55. The summed E-state index contributed by atoms with van der Waals surface area (Å²) in [4.78, 5) is 4.69. The van der Waals surface area contributed by atoms with Gasteiger partial charge in [0.05, 0.1) is 17.5 Å². The van der Waals surface area contributed by atoms with Gasteiger partial charge in [0.15, 0.2) is 0 Å². The first-order valence-electron chi connectivity index (χ1n) is 5.55. The molecule has 0 saturated heterocycles. The average molecular weight is 245 g/mol. The van der Waals surface area contributed by atoms with Gasteiger partial charge in [0.1, 0.15) is 12.9 Å². The smallest absolute Gasteiger partial charge is 0.226 e. The molecular formula is C13H15N3O2. The molecule has 5 nitrogen and oxygen atoms in total. The van der Waals surface area contributed by atoms with Crippen LogP contribution in [-0.2, 0) is 11.9 Å². The quantitative estimate of drug-likeness (QED) is 0.614. The lowest BCUT2D eigenvalue weighted by atomic mass is 10.3. The van der Waals surface area contributed by atoms with Crippen LogP contribution in [0.15, 0.2) is 35.5 Å². The molecule has 0 N–H and O–H groups in total. The Balaban J connectivity index is 2.35. The van der Waals surface area contributed by atoms with Crippen molar-refractivity contribution in [3.05, 3.63) is 41.6 Å². The minimum atomic E-state index is 0.638. The molecule has 1 heterocycles. The SMILES string of the molecule is CON=Cc1c(C)nn(C)c1Oc1ccccc1. The topological polar surface area (TPSA) is 48.6 Å². The molecule has 0 unspecified atom stereocenters. The maximum absolute atomic E-state index is 5.81. The lowest BCUT2D eigenvalue weighted by molar-refractivity contribution is 0.215. The summed E-state index contributed by atoms with van der Waals surface area (Å²) in [6.07, 6.45) is 1.60. The molecule has 0 radical (unpaired) electrons. The zero-order chi connectivity index (χ0) is 13.0. The number of benzene rings is 1. The van der Waals surface area contributed by atoms with Crippen molar-refractivity contribution in [1.29, 1.82) is 0 Å². The molecule has 0 aliphatic rings. The van der Waals surface area contributed by atoms with E-state index >= 15 is 0 Å². The fourth-order valence-electron chi connectivity index (χ4n) is 1.63. The van der Waals surface area contributed by atoms with Crippen LogP contribution in [-0.4, -0.2) is 23.1 Å². The van der Waals surface area contributed by atoms with Gasteiger partial charge < -0.3 is 9.57 Å². The van der Waals surface area contributed by atoms with Gasteiger partial charge >= 0.3 is 0 Å². The summed E-state index contributed by atoms with van der Waals surface area (Å²) < 4.78 is 7.49. The summed E-state index contributed by atoms with van der Waals surface area (Å²) in [5.41, 5.74) is 1.65. The highest BCUT2D eigenvalue weighted by molar-refractivity contribution is 5.84. The first kappa shape index (κ1) is 12.2. The van der Waals surface area contributed by atoms with Crippen LogP contribution in [0.4, 0.5) is 0 Å². The van der Waals surface area contributed by atoms with E-state index in [1.807, 2.05) is 44.3 Å². The molecule has 18 heavy (non-hydrogen) atoms. The first-order chi connectivity index (χ1) is 8.72. The van der Waals surface area contributed by atoms with Crippen LogP contribution >= 0.6 is 0 Å². The monoisotopic (exact) mass is 245 g/mol. The van der Waals surface area contributed by atoms with Crippen molar-refractivity contribution in [3.63, 3.8) is 0 Å². The van der Waals surface area contributed by atoms with Crippen molar-refractivity contribution in [1.82, 2.24) is 9.78 Å². The van der Waals surface area contributed by atoms with Gasteiger partial charge in [0.2, 0.25) is 5.88 Å². The second kappa shape index (κ2) is 5.35. The van der Waals surface area contributed by atoms with E-state index in [4.69, 9.17) is 9.57 Å². The maximum Gasteiger partial charge on any atom is 0.226 e. The molecule has 1 aromatic carbocycles. The van der Waals surface area contributed by atoms with Gasteiger partial charge in [-0.3, -0.25) is 0 Å². The third-order valence-electron chi connectivity index (χ3n) is 2.46. The predicted octanol–water partition coefficient (Wildman–Crippen LogP) is 2.50. The third-order valence-corrected chi connectivity index (χ3v) is 2.46. The Morgan fingerprint density at radius 3 is 2.67 bits per heavy atom. The number of para-hydroxylation sites is 1. The Morgan fingerprint density at radius 2 is 2.00 bits per heavy atom. The highest BCUT2D eigenvalue weighted by Gasteiger charge is 2.13. The molecule has 0 fully saturated rings. The summed E-state index contributed by atoms with van der Waals surface area (Å²) in [6, 6.07) is 9.55. The Bertz CT molecular complexity index is 547. The van der Waals surface area contributed by atoms with Crippen molar-refractivity contribution in [2.75, 3.05) is 7.11 Å². The van der Waals surface area contributed by atoms with E-state index in [9.17, 15) is 0 Å². The van der Waals surface area contributed by atoms with Gasteiger partial charge in [-0.15, -0.1) is 0 Å². The van der Waals surface area contributed by atoms with Gasteiger partial charge in [-0.2, -0.15) is 5.10 Å². The number of rotatable bonds is 4. The number of hydrogen-bond donors (Lipinski definition) is 0. The number of aryl methyl sites for hydroxylation is 2. The number of oxime groups is 1. The molecule has 94 valence electrons. The second-order valence-electron chi connectivity index (χ2n) is 3.76. The normalized spacial score (nSPS) is 10.8. The summed E-state index contributed by atoms with van der Waals surface area (Å²) in [7, 11) is 3.33. The largest absolute Gasteiger partial charge is 0.439 e. The number of hydrogen-bond acceptors (Lipinski definition) is 4. The zero-order valence-electron chi connectivity index (χ0n) is 10.6. The summed E-state index contributed by atoms with van der Waals surface area (Å²) in [5.74, 6) is 1.40. The van der Waals surface area contributed by atoms with Crippen LogP contribution in [0.1, 0.15) is 11.3 Å². The maximum atomic E-state index is 5.81. The highest BCUT2D eigenvalue weighted by atomic mass is 16.6. The van der Waals surface area contributed by atoms with Crippen LogP contribution in [0.3, 0.4) is 0 Å². The molecule has 0 aliphatic heterocycles. The molecule has 0 saturated carbocycles. The molecule has 0 atom stereocenters. The molecule has 0 amide bonds. The van der Waals surface area contributed by atoms with Crippen LogP contribution in [0.5, 0.6) is 11.6 Å². The lowest BCUT2D eigenvalue weighted by Gasteiger charge is -2.06. The van der Waals surface area contributed by atoms with Gasteiger partial charge in [-0.25, -0.2) is 4.68 Å². The number of aromatic nitrogens is 2. The van der Waals surface area contributed by atoms with Crippen LogP contribution < -0.4 is 4.74 Å². The molecule has 2 rings (SSSR count). The molecule has 1 aromatic heterocycles.